The highest BCUT2D eigenvalue weighted by atomic mass is 19.4. The Morgan fingerprint density at radius 3 is 2.85 bits per heavy atom. The van der Waals surface area contributed by atoms with E-state index in [0.29, 0.717) is 37.5 Å². The number of ether oxygens (including phenoxy) is 1. The summed E-state index contributed by atoms with van der Waals surface area (Å²) in [6.45, 7) is 2.92. The standard InChI is InChI=1S/C17H23F3N4O2/c1-10-8-14(17(18,19)20)24-15(21-10)9-11(22-24)12-4-2-6-23(12)16(25)13-5-3-7-26-13/h9-10,12-14,21H,2-8H2,1H3/t10-,12+,13+,14-/m1/s1. The molecule has 3 aliphatic rings. The summed E-state index contributed by atoms with van der Waals surface area (Å²) < 4.78 is 46.8. The second kappa shape index (κ2) is 6.44. The zero-order chi connectivity index (χ0) is 18.5. The van der Waals surface area contributed by atoms with Crippen molar-refractivity contribution in [2.45, 2.75) is 69.4 Å². The molecule has 0 unspecified atom stereocenters. The first-order valence-electron chi connectivity index (χ1n) is 9.19. The molecule has 1 N–H and O–H groups in total. The number of likely N-dealkylation sites (tertiary alicyclic amines) is 1. The maximum atomic E-state index is 13.4. The number of nitrogens with one attached hydrogen (secondary N) is 1. The van der Waals surface area contributed by atoms with E-state index in [1.165, 1.54) is 0 Å². The van der Waals surface area contributed by atoms with Crippen LogP contribution in [-0.2, 0) is 9.53 Å². The van der Waals surface area contributed by atoms with Gasteiger partial charge in [0.15, 0.2) is 6.04 Å². The Balaban J connectivity index is 1.61. The van der Waals surface area contributed by atoms with E-state index in [1.54, 1.807) is 17.9 Å². The zero-order valence-corrected chi connectivity index (χ0v) is 14.6. The predicted molar refractivity (Wildman–Crippen MR) is 87.7 cm³/mol. The van der Waals surface area contributed by atoms with Crippen molar-refractivity contribution in [3.05, 3.63) is 11.8 Å². The van der Waals surface area contributed by atoms with Gasteiger partial charge in [-0.2, -0.15) is 18.3 Å². The minimum Gasteiger partial charge on any atom is -0.368 e. The van der Waals surface area contributed by atoms with Crippen molar-refractivity contribution in [2.75, 3.05) is 18.5 Å². The maximum absolute atomic E-state index is 13.4. The van der Waals surface area contributed by atoms with E-state index in [1.807, 2.05) is 0 Å². The molecule has 2 saturated heterocycles. The van der Waals surface area contributed by atoms with Crippen LogP contribution in [0.5, 0.6) is 0 Å². The quantitative estimate of drug-likeness (QED) is 0.867. The van der Waals surface area contributed by atoms with Crippen LogP contribution in [0.4, 0.5) is 19.0 Å². The number of alkyl halides is 3. The van der Waals surface area contributed by atoms with Crippen molar-refractivity contribution in [1.82, 2.24) is 14.7 Å². The number of fused-ring (bicyclic) bond motifs is 1. The van der Waals surface area contributed by atoms with E-state index in [9.17, 15) is 18.0 Å². The number of nitrogens with zero attached hydrogens (tertiary/aromatic N) is 3. The van der Waals surface area contributed by atoms with Crippen LogP contribution in [0.3, 0.4) is 0 Å². The molecule has 4 atom stereocenters. The smallest absolute Gasteiger partial charge is 0.368 e. The lowest BCUT2D eigenvalue weighted by atomic mass is 10.1. The maximum Gasteiger partial charge on any atom is 0.410 e. The normalized spacial score (nSPS) is 31.8. The molecule has 0 saturated carbocycles. The van der Waals surface area contributed by atoms with Gasteiger partial charge in [-0.3, -0.25) is 4.79 Å². The molecule has 9 heteroatoms. The van der Waals surface area contributed by atoms with Gasteiger partial charge in [0.05, 0.1) is 11.7 Å². The van der Waals surface area contributed by atoms with Gasteiger partial charge in [0.2, 0.25) is 0 Å². The third-order valence-electron chi connectivity index (χ3n) is 5.48. The van der Waals surface area contributed by atoms with E-state index in [-0.39, 0.29) is 24.4 Å². The van der Waals surface area contributed by atoms with Crippen molar-refractivity contribution in [3.8, 4) is 0 Å². The highest BCUT2D eigenvalue weighted by Crippen LogP contribution is 2.41. The Hall–Kier alpha value is -1.77. The number of anilines is 1. The Labute approximate surface area is 149 Å². The van der Waals surface area contributed by atoms with Crippen LogP contribution in [0, 0.1) is 0 Å². The molecule has 6 nitrogen and oxygen atoms in total. The number of hydrogen-bond acceptors (Lipinski definition) is 4. The van der Waals surface area contributed by atoms with Gasteiger partial charge in [-0.15, -0.1) is 0 Å². The molecule has 0 bridgehead atoms. The average molecular weight is 372 g/mol. The van der Waals surface area contributed by atoms with Gasteiger partial charge in [0.1, 0.15) is 11.9 Å². The molecule has 0 aliphatic carbocycles. The molecule has 26 heavy (non-hydrogen) atoms. The van der Waals surface area contributed by atoms with Crippen molar-refractivity contribution < 1.29 is 22.7 Å². The van der Waals surface area contributed by atoms with Gasteiger partial charge >= 0.3 is 6.18 Å². The number of carbonyl (C=O) groups excluding carboxylic acids is 1. The summed E-state index contributed by atoms with van der Waals surface area (Å²) >= 11 is 0. The number of aromatic nitrogens is 2. The lowest BCUT2D eigenvalue weighted by Gasteiger charge is -2.31. The predicted octanol–water partition coefficient (Wildman–Crippen LogP) is 3.03. The van der Waals surface area contributed by atoms with Crippen LogP contribution in [0.15, 0.2) is 6.07 Å². The first-order valence-corrected chi connectivity index (χ1v) is 9.19. The van der Waals surface area contributed by atoms with Crippen LogP contribution < -0.4 is 5.32 Å². The Morgan fingerprint density at radius 1 is 1.35 bits per heavy atom. The summed E-state index contributed by atoms with van der Waals surface area (Å²) in [5, 5.41) is 7.35. The minimum atomic E-state index is -4.35. The van der Waals surface area contributed by atoms with Crippen molar-refractivity contribution >= 4 is 11.7 Å². The monoisotopic (exact) mass is 372 g/mol. The van der Waals surface area contributed by atoms with E-state index < -0.39 is 18.3 Å². The Kier molecular flexibility index (Phi) is 4.37. The van der Waals surface area contributed by atoms with Crippen LogP contribution in [0.1, 0.15) is 56.8 Å². The van der Waals surface area contributed by atoms with Gasteiger partial charge < -0.3 is 15.0 Å². The molecule has 1 amide bonds. The molecule has 144 valence electrons. The average Bonchev–Trinajstić information content (AvgIpc) is 3.31. The third-order valence-corrected chi connectivity index (χ3v) is 5.48. The molecule has 1 aromatic heterocycles. The van der Waals surface area contributed by atoms with Crippen LogP contribution in [-0.4, -0.2) is 52.1 Å². The molecule has 3 aliphatic heterocycles. The van der Waals surface area contributed by atoms with Crippen molar-refractivity contribution in [3.63, 3.8) is 0 Å². The summed E-state index contributed by atoms with van der Waals surface area (Å²) in [4.78, 5) is 14.5. The van der Waals surface area contributed by atoms with E-state index in [4.69, 9.17) is 4.74 Å². The molecular formula is C17H23F3N4O2. The van der Waals surface area contributed by atoms with Crippen LogP contribution in [0.2, 0.25) is 0 Å². The van der Waals surface area contributed by atoms with Gasteiger partial charge in [0.25, 0.3) is 5.91 Å². The zero-order valence-electron chi connectivity index (χ0n) is 14.6. The number of rotatable bonds is 2. The van der Waals surface area contributed by atoms with Crippen LogP contribution in [0.25, 0.3) is 0 Å². The van der Waals surface area contributed by atoms with E-state index >= 15 is 0 Å². The lowest BCUT2D eigenvalue weighted by molar-refractivity contribution is -0.173. The van der Waals surface area contributed by atoms with Gasteiger partial charge in [0, 0.05) is 25.3 Å². The van der Waals surface area contributed by atoms with Gasteiger partial charge in [-0.25, -0.2) is 4.68 Å². The summed E-state index contributed by atoms with van der Waals surface area (Å²) in [6, 6.07) is -0.533. The highest BCUT2D eigenvalue weighted by molar-refractivity contribution is 5.82. The first-order chi connectivity index (χ1) is 12.3. The van der Waals surface area contributed by atoms with Gasteiger partial charge in [-0.1, -0.05) is 0 Å². The second-order valence-electron chi connectivity index (χ2n) is 7.43. The highest BCUT2D eigenvalue weighted by Gasteiger charge is 2.46. The number of halogens is 3. The second-order valence-corrected chi connectivity index (χ2v) is 7.43. The Morgan fingerprint density at radius 2 is 2.15 bits per heavy atom. The molecule has 0 radical (unpaired) electrons. The fourth-order valence-corrected chi connectivity index (χ4v) is 4.24. The number of hydrogen-bond donors (Lipinski definition) is 1. The first kappa shape index (κ1) is 17.6. The summed E-state index contributed by atoms with van der Waals surface area (Å²) in [5.41, 5.74) is 0.527. The van der Waals surface area contributed by atoms with E-state index in [0.717, 1.165) is 17.5 Å². The summed E-state index contributed by atoms with van der Waals surface area (Å²) in [5.74, 6) is 0.308. The van der Waals surface area contributed by atoms with E-state index in [2.05, 4.69) is 10.4 Å². The Bertz CT molecular complexity index is 684. The van der Waals surface area contributed by atoms with Crippen molar-refractivity contribution in [2.24, 2.45) is 0 Å². The molecular weight excluding hydrogens is 349 g/mol. The SMILES string of the molecule is C[C@@H]1C[C@H](C(F)(F)F)n2nc([C@@H]3CCCN3C(=O)[C@@H]3CCCO3)cc2N1. The fraction of sp³-hybridized carbons (Fsp3) is 0.765. The molecule has 0 spiro atoms. The van der Waals surface area contributed by atoms with Crippen molar-refractivity contribution in [1.29, 1.82) is 0 Å². The largest absolute Gasteiger partial charge is 0.410 e. The van der Waals surface area contributed by atoms with Crippen LogP contribution >= 0.6 is 0 Å². The molecule has 0 aromatic carbocycles. The molecule has 1 aromatic rings. The summed E-state index contributed by atoms with van der Waals surface area (Å²) in [7, 11) is 0. The number of carbonyl (C=O) groups is 1. The number of amides is 1. The third kappa shape index (κ3) is 3.06. The fourth-order valence-electron chi connectivity index (χ4n) is 4.24. The molecule has 4 heterocycles. The topological polar surface area (TPSA) is 59.4 Å². The molecule has 2 fully saturated rings. The lowest BCUT2D eigenvalue weighted by Crippen LogP contribution is -2.39. The van der Waals surface area contributed by atoms with Gasteiger partial charge in [-0.05, 0) is 39.0 Å². The summed E-state index contributed by atoms with van der Waals surface area (Å²) in [6.07, 6.45) is -1.73. The molecule has 4 rings (SSSR count). The minimum absolute atomic E-state index is 0.0547.